The molecule has 0 aliphatic rings. The predicted molar refractivity (Wildman–Crippen MR) is 148 cm³/mol. The summed E-state index contributed by atoms with van der Waals surface area (Å²) in [4.78, 5) is 28.2. The first-order chi connectivity index (χ1) is 18.2. The van der Waals surface area contributed by atoms with E-state index in [2.05, 4.69) is 5.32 Å². The number of nitrogens with zero attached hydrogens (tertiary/aromatic N) is 2. The molecule has 2 amide bonds. The Labute approximate surface area is 225 Å². The normalized spacial score (nSPS) is 11.9. The van der Waals surface area contributed by atoms with E-state index in [9.17, 15) is 18.0 Å². The van der Waals surface area contributed by atoms with Crippen LogP contribution in [0.3, 0.4) is 0 Å². The average molecular weight is 538 g/mol. The van der Waals surface area contributed by atoms with Gasteiger partial charge in [-0.1, -0.05) is 55.0 Å². The van der Waals surface area contributed by atoms with Gasteiger partial charge in [0, 0.05) is 13.1 Å². The molecule has 3 aromatic rings. The van der Waals surface area contributed by atoms with E-state index in [1.807, 2.05) is 19.9 Å². The van der Waals surface area contributed by atoms with Gasteiger partial charge in [-0.3, -0.25) is 13.9 Å². The lowest BCUT2D eigenvalue weighted by Crippen LogP contribution is -2.51. The van der Waals surface area contributed by atoms with Gasteiger partial charge in [0.1, 0.15) is 18.3 Å². The van der Waals surface area contributed by atoms with E-state index in [1.54, 1.807) is 74.7 Å². The number of carbonyl (C=O) groups excluding carboxylic acids is 2. The fraction of sp³-hybridized carbons (Fsp3) is 0.310. The predicted octanol–water partition coefficient (Wildman–Crippen LogP) is 4.14. The molecule has 0 radical (unpaired) electrons. The smallest absolute Gasteiger partial charge is 0.264 e. The number of aryl methyl sites for hydroxylation is 1. The second kappa shape index (κ2) is 13.1. The first-order valence-electron chi connectivity index (χ1n) is 12.5. The van der Waals surface area contributed by atoms with Crippen molar-refractivity contribution in [1.29, 1.82) is 0 Å². The van der Waals surface area contributed by atoms with Crippen molar-refractivity contribution in [2.75, 3.05) is 24.5 Å². The van der Waals surface area contributed by atoms with E-state index in [-0.39, 0.29) is 17.3 Å². The molecule has 0 unspecified atom stereocenters. The molecule has 0 saturated carbocycles. The number of methoxy groups -OCH3 is 1. The van der Waals surface area contributed by atoms with E-state index in [1.165, 1.54) is 17.0 Å². The third kappa shape index (κ3) is 7.13. The number of hydrogen-bond acceptors (Lipinski definition) is 5. The first kappa shape index (κ1) is 28.7. The van der Waals surface area contributed by atoms with Crippen LogP contribution in [0.4, 0.5) is 5.69 Å². The van der Waals surface area contributed by atoms with Crippen molar-refractivity contribution in [2.45, 2.75) is 44.7 Å². The molecular formula is C29H35N3O5S. The summed E-state index contributed by atoms with van der Waals surface area (Å²) in [6.07, 6.45) is 0.749. The molecule has 9 heteroatoms. The molecule has 1 atom stereocenters. The third-order valence-corrected chi connectivity index (χ3v) is 7.92. The van der Waals surface area contributed by atoms with Crippen LogP contribution in [0.1, 0.15) is 31.4 Å². The lowest BCUT2D eigenvalue weighted by molar-refractivity contribution is -0.139. The summed E-state index contributed by atoms with van der Waals surface area (Å²) in [7, 11) is -2.53. The van der Waals surface area contributed by atoms with Gasteiger partial charge in [0.25, 0.3) is 10.0 Å². The Kier molecular flexibility index (Phi) is 9.90. The summed E-state index contributed by atoms with van der Waals surface area (Å²) in [6, 6.07) is 21.4. The summed E-state index contributed by atoms with van der Waals surface area (Å²) in [5.41, 5.74) is 2.02. The minimum atomic E-state index is -4.08. The Balaban J connectivity index is 1.99. The molecule has 0 heterocycles. The molecular weight excluding hydrogens is 502 g/mol. The standard InChI is InChI=1S/C29H35N3O5S/c1-5-18-30-29(34)23(3)31(20-24-10-9-13-26(19-24)37-4)28(33)21-32(25-11-7-6-8-12-25)38(35,36)27-16-14-22(2)15-17-27/h6-17,19,23H,5,18,20-21H2,1-4H3,(H,30,34)/t23-/m0/s1. The molecule has 0 saturated heterocycles. The van der Waals surface area contributed by atoms with Crippen molar-refractivity contribution < 1.29 is 22.7 Å². The minimum absolute atomic E-state index is 0.0767. The van der Waals surface area contributed by atoms with E-state index >= 15 is 0 Å². The summed E-state index contributed by atoms with van der Waals surface area (Å²) in [5.74, 6) is -0.201. The number of amides is 2. The zero-order valence-electron chi connectivity index (χ0n) is 22.3. The summed E-state index contributed by atoms with van der Waals surface area (Å²) in [6.45, 7) is 5.56. The fourth-order valence-electron chi connectivity index (χ4n) is 3.91. The Morgan fingerprint density at radius 1 is 0.974 bits per heavy atom. The highest BCUT2D eigenvalue weighted by Gasteiger charge is 2.32. The van der Waals surface area contributed by atoms with E-state index in [4.69, 9.17) is 4.74 Å². The number of nitrogens with one attached hydrogen (secondary N) is 1. The largest absolute Gasteiger partial charge is 0.497 e. The van der Waals surface area contributed by atoms with Gasteiger partial charge in [-0.15, -0.1) is 0 Å². The van der Waals surface area contributed by atoms with Crippen LogP contribution < -0.4 is 14.4 Å². The van der Waals surface area contributed by atoms with Crippen molar-refractivity contribution >= 4 is 27.5 Å². The molecule has 0 bridgehead atoms. The molecule has 8 nitrogen and oxygen atoms in total. The van der Waals surface area contributed by atoms with Gasteiger partial charge >= 0.3 is 0 Å². The second-order valence-electron chi connectivity index (χ2n) is 9.00. The highest BCUT2D eigenvalue weighted by Crippen LogP contribution is 2.25. The highest BCUT2D eigenvalue weighted by atomic mass is 32.2. The molecule has 3 aromatic carbocycles. The lowest BCUT2D eigenvalue weighted by atomic mass is 10.1. The highest BCUT2D eigenvalue weighted by molar-refractivity contribution is 7.92. The molecule has 3 rings (SSSR count). The summed E-state index contributed by atoms with van der Waals surface area (Å²) < 4.78 is 33.9. The second-order valence-corrected chi connectivity index (χ2v) is 10.9. The molecule has 0 fully saturated rings. The van der Waals surface area contributed by atoms with Crippen LogP contribution >= 0.6 is 0 Å². The van der Waals surface area contributed by atoms with Crippen LogP contribution in [-0.4, -0.2) is 51.4 Å². The van der Waals surface area contributed by atoms with Crippen molar-refractivity contribution in [1.82, 2.24) is 10.2 Å². The zero-order valence-corrected chi connectivity index (χ0v) is 23.1. The molecule has 202 valence electrons. The first-order valence-corrected chi connectivity index (χ1v) is 14.0. The van der Waals surface area contributed by atoms with Crippen LogP contribution in [0.5, 0.6) is 5.75 Å². The summed E-state index contributed by atoms with van der Waals surface area (Å²) in [5, 5.41) is 2.83. The molecule has 0 aliphatic carbocycles. The quantitative estimate of drug-likeness (QED) is 0.375. The van der Waals surface area contributed by atoms with E-state index < -0.39 is 28.5 Å². The number of sulfonamides is 1. The van der Waals surface area contributed by atoms with E-state index in [0.29, 0.717) is 18.0 Å². The van der Waals surface area contributed by atoms with Gasteiger partial charge in [0.05, 0.1) is 17.7 Å². The topological polar surface area (TPSA) is 96.0 Å². The Morgan fingerprint density at radius 2 is 1.66 bits per heavy atom. The molecule has 0 aliphatic heterocycles. The van der Waals surface area contributed by atoms with Gasteiger partial charge < -0.3 is 15.0 Å². The molecule has 0 spiro atoms. The number of hydrogen-bond donors (Lipinski definition) is 1. The number of benzene rings is 3. The van der Waals surface area contributed by atoms with Crippen molar-refractivity contribution in [2.24, 2.45) is 0 Å². The average Bonchev–Trinajstić information content (AvgIpc) is 2.93. The lowest BCUT2D eigenvalue weighted by Gasteiger charge is -2.32. The maximum atomic E-state index is 13.8. The van der Waals surface area contributed by atoms with Crippen LogP contribution in [0, 0.1) is 6.92 Å². The molecule has 1 N–H and O–H groups in total. The Hall–Kier alpha value is -3.85. The number of anilines is 1. The Morgan fingerprint density at radius 3 is 2.29 bits per heavy atom. The van der Waals surface area contributed by atoms with E-state index in [0.717, 1.165) is 21.9 Å². The number of rotatable bonds is 12. The third-order valence-electron chi connectivity index (χ3n) is 6.14. The van der Waals surface area contributed by atoms with Gasteiger partial charge in [-0.25, -0.2) is 8.42 Å². The van der Waals surface area contributed by atoms with Gasteiger partial charge in [0.2, 0.25) is 11.8 Å². The summed E-state index contributed by atoms with van der Waals surface area (Å²) >= 11 is 0. The number of ether oxygens (including phenoxy) is 1. The van der Waals surface area contributed by atoms with Gasteiger partial charge in [0.15, 0.2) is 0 Å². The maximum Gasteiger partial charge on any atom is 0.264 e. The monoisotopic (exact) mass is 537 g/mol. The van der Waals surface area contributed by atoms with Crippen molar-refractivity contribution in [3.63, 3.8) is 0 Å². The van der Waals surface area contributed by atoms with Crippen molar-refractivity contribution in [3.05, 3.63) is 90.0 Å². The molecule has 0 aromatic heterocycles. The number of para-hydroxylation sites is 1. The van der Waals surface area contributed by atoms with Gasteiger partial charge in [-0.05, 0) is 62.2 Å². The maximum absolute atomic E-state index is 13.8. The van der Waals surface area contributed by atoms with Crippen LogP contribution in [0.25, 0.3) is 0 Å². The SMILES string of the molecule is CCCNC(=O)[C@H](C)N(Cc1cccc(OC)c1)C(=O)CN(c1ccccc1)S(=O)(=O)c1ccc(C)cc1. The Bertz CT molecular complexity index is 1330. The van der Waals surface area contributed by atoms with Gasteiger partial charge in [-0.2, -0.15) is 0 Å². The molecule has 38 heavy (non-hydrogen) atoms. The van der Waals surface area contributed by atoms with Crippen LogP contribution in [0.15, 0.2) is 83.8 Å². The number of carbonyl (C=O) groups is 2. The van der Waals surface area contributed by atoms with Crippen LogP contribution in [0.2, 0.25) is 0 Å². The fourth-order valence-corrected chi connectivity index (χ4v) is 5.32. The van der Waals surface area contributed by atoms with Crippen molar-refractivity contribution in [3.8, 4) is 5.75 Å². The zero-order chi connectivity index (χ0) is 27.7. The minimum Gasteiger partial charge on any atom is -0.497 e. The van der Waals surface area contributed by atoms with Crippen LogP contribution in [-0.2, 0) is 26.2 Å².